The summed E-state index contributed by atoms with van der Waals surface area (Å²) in [7, 11) is -1.07. The van der Waals surface area contributed by atoms with Crippen LogP contribution in [0.1, 0.15) is 24.4 Å². The third-order valence-electron chi connectivity index (χ3n) is 4.84. The first-order chi connectivity index (χ1) is 11.3. The van der Waals surface area contributed by atoms with Gasteiger partial charge in [-0.1, -0.05) is 25.7 Å². The van der Waals surface area contributed by atoms with Crippen molar-refractivity contribution >= 4 is 19.1 Å². The minimum atomic E-state index is -1.07. The molecule has 0 unspecified atom stereocenters. The molecule has 0 radical (unpaired) electrons. The van der Waals surface area contributed by atoms with Crippen LogP contribution in [-0.4, -0.2) is 24.2 Å². The van der Waals surface area contributed by atoms with Crippen molar-refractivity contribution in [1.29, 1.82) is 5.26 Å². The summed E-state index contributed by atoms with van der Waals surface area (Å²) < 4.78 is 7.85. The van der Waals surface area contributed by atoms with E-state index in [0.29, 0.717) is 6.73 Å². The quantitative estimate of drug-likeness (QED) is 0.615. The summed E-state index contributed by atoms with van der Waals surface area (Å²) in [4.78, 5) is 4.43. The summed E-state index contributed by atoms with van der Waals surface area (Å²) in [6.07, 6.45) is 3.59. The number of nitriles is 1. The van der Waals surface area contributed by atoms with E-state index in [9.17, 15) is 5.26 Å². The topological polar surface area (TPSA) is 76.9 Å². The molecule has 2 N–H and O–H groups in total. The molecule has 1 aliphatic rings. The average Bonchev–Trinajstić information content (AvgIpc) is 3.25. The zero-order chi connectivity index (χ0) is 17.4. The molecule has 24 heavy (non-hydrogen) atoms. The van der Waals surface area contributed by atoms with Crippen LogP contribution in [0.5, 0.6) is 0 Å². The molecule has 1 aliphatic carbocycles. The Kier molecular flexibility index (Phi) is 4.52. The van der Waals surface area contributed by atoms with E-state index >= 15 is 0 Å². The van der Waals surface area contributed by atoms with Gasteiger partial charge in [-0.3, -0.25) is 0 Å². The number of ether oxygens (including phenoxy) is 1. The summed E-state index contributed by atoms with van der Waals surface area (Å²) in [5, 5.41) is 9.36. The third kappa shape index (κ3) is 3.53. The largest absolute Gasteiger partial charge is 0.361 e. The molecule has 0 bridgehead atoms. The number of fused-ring (bicyclic) bond motifs is 1. The minimum absolute atomic E-state index is 0.233. The molecule has 1 fully saturated rings. The van der Waals surface area contributed by atoms with E-state index in [1.807, 2.05) is 23.0 Å². The van der Waals surface area contributed by atoms with Crippen LogP contribution in [0.2, 0.25) is 25.7 Å². The Morgan fingerprint density at radius 2 is 2.17 bits per heavy atom. The van der Waals surface area contributed by atoms with Gasteiger partial charge < -0.3 is 15.0 Å². The number of imidazole rings is 1. The van der Waals surface area contributed by atoms with Crippen LogP contribution in [-0.2, 0) is 11.5 Å². The molecule has 5 nitrogen and oxygen atoms in total. The molecule has 2 aromatic rings. The molecule has 1 heterocycles. The Balaban J connectivity index is 1.73. The number of aromatic nitrogens is 2. The van der Waals surface area contributed by atoms with Crippen molar-refractivity contribution in [2.45, 2.75) is 51.3 Å². The SMILES string of the molecule is C[Si](C)(C)CCOCn1cnc2ccc([C@H](N)C3(C#N)CC3)cc21. The lowest BCUT2D eigenvalue weighted by atomic mass is 9.92. The zero-order valence-electron chi connectivity index (χ0n) is 14.7. The minimum Gasteiger partial charge on any atom is -0.361 e. The van der Waals surface area contributed by atoms with E-state index in [-0.39, 0.29) is 11.5 Å². The lowest BCUT2D eigenvalue weighted by molar-refractivity contribution is 0.0898. The van der Waals surface area contributed by atoms with Gasteiger partial charge in [-0.15, -0.1) is 0 Å². The normalized spacial score (nSPS) is 17.6. The second-order valence-corrected chi connectivity index (χ2v) is 13.7. The molecular weight excluding hydrogens is 316 g/mol. The van der Waals surface area contributed by atoms with Gasteiger partial charge in [0.2, 0.25) is 0 Å². The van der Waals surface area contributed by atoms with Crippen LogP contribution in [0.4, 0.5) is 0 Å². The number of nitrogens with zero attached hydrogens (tertiary/aromatic N) is 3. The lowest BCUT2D eigenvalue weighted by Gasteiger charge is -2.17. The summed E-state index contributed by atoms with van der Waals surface area (Å²) >= 11 is 0. The summed E-state index contributed by atoms with van der Waals surface area (Å²) in [5.74, 6) is 0. The molecular formula is C18H26N4OSi. The van der Waals surface area contributed by atoms with Gasteiger partial charge in [0, 0.05) is 20.7 Å². The number of rotatable bonds is 7. The third-order valence-corrected chi connectivity index (χ3v) is 6.54. The molecule has 0 spiro atoms. The van der Waals surface area contributed by atoms with Crippen molar-refractivity contribution in [3.63, 3.8) is 0 Å². The number of hydrogen-bond donors (Lipinski definition) is 1. The standard InChI is InChI=1S/C18H26N4OSi/c1-24(2,3)9-8-23-13-22-12-21-15-5-4-14(10-16(15)22)17(20)18(11-19)6-7-18/h4-5,10,12,17H,6-9,13,20H2,1-3H3/t17-/m0/s1. The zero-order valence-corrected chi connectivity index (χ0v) is 15.7. The molecule has 0 amide bonds. The smallest absolute Gasteiger partial charge is 0.124 e. The molecule has 1 aromatic carbocycles. The molecule has 0 saturated heterocycles. The average molecular weight is 343 g/mol. The number of hydrogen-bond acceptors (Lipinski definition) is 4. The first-order valence-corrected chi connectivity index (χ1v) is 12.2. The second-order valence-electron chi connectivity index (χ2n) is 8.06. The van der Waals surface area contributed by atoms with Gasteiger partial charge in [-0.25, -0.2) is 4.98 Å². The van der Waals surface area contributed by atoms with Crippen molar-refractivity contribution in [2.75, 3.05) is 6.61 Å². The predicted molar refractivity (Wildman–Crippen MR) is 98.0 cm³/mol. The van der Waals surface area contributed by atoms with Crippen LogP contribution >= 0.6 is 0 Å². The van der Waals surface area contributed by atoms with Crippen LogP contribution in [0, 0.1) is 16.7 Å². The van der Waals surface area contributed by atoms with Gasteiger partial charge in [0.25, 0.3) is 0 Å². The van der Waals surface area contributed by atoms with Crippen molar-refractivity contribution in [3.05, 3.63) is 30.1 Å². The highest BCUT2D eigenvalue weighted by molar-refractivity contribution is 6.76. The fraction of sp³-hybridized carbons (Fsp3) is 0.556. The molecule has 1 saturated carbocycles. The maximum Gasteiger partial charge on any atom is 0.124 e. The van der Waals surface area contributed by atoms with Gasteiger partial charge in [-0.2, -0.15) is 5.26 Å². The molecule has 6 heteroatoms. The van der Waals surface area contributed by atoms with Gasteiger partial charge in [0.1, 0.15) is 6.73 Å². The Morgan fingerprint density at radius 1 is 1.42 bits per heavy atom. The highest BCUT2D eigenvalue weighted by atomic mass is 28.3. The second kappa shape index (κ2) is 6.32. The Bertz CT molecular complexity index is 767. The van der Waals surface area contributed by atoms with Crippen molar-refractivity contribution in [3.8, 4) is 6.07 Å². The number of benzene rings is 1. The Hall–Kier alpha value is -1.68. The number of nitrogens with two attached hydrogens (primary N) is 1. The van der Waals surface area contributed by atoms with Gasteiger partial charge in [0.05, 0.1) is 28.8 Å². The van der Waals surface area contributed by atoms with E-state index < -0.39 is 8.07 Å². The first kappa shape index (κ1) is 17.2. The van der Waals surface area contributed by atoms with Gasteiger partial charge in [0.15, 0.2) is 0 Å². The highest BCUT2D eigenvalue weighted by Crippen LogP contribution is 2.53. The molecule has 3 rings (SSSR count). The maximum absolute atomic E-state index is 9.36. The van der Waals surface area contributed by atoms with Crippen LogP contribution in [0.3, 0.4) is 0 Å². The van der Waals surface area contributed by atoms with Crippen LogP contribution in [0.25, 0.3) is 11.0 Å². The summed E-state index contributed by atoms with van der Waals surface area (Å²) in [5.41, 5.74) is 8.93. The van der Waals surface area contributed by atoms with E-state index in [1.54, 1.807) is 0 Å². The highest BCUT2D eigenvalue weighted by Gasteiger charge is 2.49. The fourth-order valence-corrected chi connectivity index (χ4v) is 3.61. The monoisotopic (exact) mass is 342 g/mol. The fourth-order valence-electron chi connectivity index (χ4n) is 2.86. The lowest BCUT2D eigenvalue weighted by Crippen LogP contribution is -2.22. The van der Waals surface area contributed by atoms with Crippen LogP contribution < -0.4 is 5.73 Å². The van der Waals surface area contributed by atoms with E-state index in [0.717, 1.165) is 42.1 Å². The van der Waals surface area contributed by atoms with Gasteiger partial charge in [-0.05, 0) is 36.6 Å². The van der Waals surface area contributed by atoms with Crippen molar-refractivity contribution in [1.82, 2.24) is 9.55 Å². The molecule has 128 valence electrons. The molecule has 1 aromatic heterocycles. The maximum atomic E-state index is 9.36. The Morgan fingerprint density at radius 3 is 2.79 bits per heavy atom. The molecule has 0 aliphatic heterocycles. The van der Waals surface area contributed by atoms with Gasteiger partial charge >= 0.3 is 0 Å². The van der Waals surface area contributed by atoms with E-state index in [1.165, 1.54) is 0 Å². The molecule has 1 atom stereocenters. The first-order valence-electron chi connectivity index (χ1n) is 8.54. The Labute approximate surface area is 144 Å². The summed E-state index contributed by atoms with van der Waals surface area (Å²) in [6, 6.07) is 9.35. The van der Waals surface area contributed by atoms with Crippen molar-refractivity contribution < 1.29 is 4.74 Å². The van der Waals surface area contributed by atoms with E-state index in [2.05, 4.69) is 36.8 Å². The van der Waals surface area contributed by atoms with E-state index in [4.69, 9.17) is 10.5 Å². The van der Waals surface area contributed by atoms with Crippen molar-refractivity contribution in [2.24, 2.45) is 11.1 Å². The predicted octanol–water partition coefficient (Wildman–Crippen LogP) is 3.65. The van der Waals surface area contributed by atoms with Crippen LogP contribution in [0.15, 0.2) is 24.5 Å². The summed E-state index contributed by atoms with van der Waals surface area (Å²) in [6.45, 7) is 8.33.